The molecule has 0 radical (unpaired) electrons. The molecule has 0 rings (SSSR count). The van der Waals surface area contributed by atoms with Crippen molar-refractivity contribution >= 4 is 12.1 Å². The van der Waals surface area contributed by atoms with Crippen molar-refractivity contribution in [2.45, 2.75) is 18.9 Å². The molecule has 0 fully saturated rings. The minimum absolute atomic E-state index is 0.0622. The van der Waals surface area contributed by atoms with E-state index in [1.807, 2.05) is 0 Å². The second-order valence-corrected chi connectivity index (χ2v) is 2.41. The van der Waals surface area contributed by atoms with Crippen LogP contribution in [0.15, 0.2) is 0 Å². The number of alkyl carbamates (subject to hydrolysis) is 1. The van der Waals surface area contributed by atoms with Gasteiger partial charge in [-0.25, -0.2) is 11.4 Å². The van der Waals surface area contributed by atoms with Crippen LogP contribution in [0, 0.1) is 6.61 Å². The first-order valence-electron chi connectivity index (χ1n) is 3.78. The lowest BCUT2D eigenvalue weighted by atomic mass is 10.2. The summed E-state index contributed by atoms with van der Waals surface area (Å²) >= 11 is 0. The summed E-state index contributed by atoms with van der Waals surface area (Å²) in [6, 6.07) is -0.768. The lowest BCUT2D eigenvalue weighted by Gasteiger charge is -2.29. The van der Waals surface area contributed by atoms with E-state index >= 15 is 0 Å². The molecule has 0 aliphatic carbocycles. The highest BCUT2D eigenvalue weighted by molar-refractivity contribution is 5.68. The van der Waals surface area contributed by atoms with E-state index in [0.717, 1.165) is 13.7 Å². The monoisotopic (exact) mass is 205 g/mol. The lowest BCUT2D eigenvalue weighted by molar-refractivity contribution is -0.676. The first-order valence-corrected chi connectivity index (χ1v) is 3.78. The number of amides is 1. The number of methoxy groups -OCH3 is 1. The number of ether oxygens (including phenoxy) is 1. The molecule has 1 unspecified atom stereocenters. The Hall–Kier alpha value is -1.34. The molecule has 0 aliphatic rings. The fourth-order valence-corrected chi connectivity index (χ4v) is 0.731. The van der Waals surface area contributed by atoms with Crippen LogP contribution in [0.4, 0.5) is 4.79 Å². The van der Waals surface area contributed by atoms with Gasteiger partial charge in [-0.05, 0) is 6.42 Å². The fourth-order valence-electron chi connectivity index (χ4n) is 0.731. The zero-order valence-corrected chi connectivity index (χ0v) is 7.56. The summed E-state index contributed by atoms with van der Waals surface area (Å²) < 4.78 is 4.26. The molecule has 0 bridgehead atoms. The number of carboxylic acids is 1. The number of rotatable bonds is 6. The predicted molar refractivity (Wildman–Crippen MR) is 41.6 cm³/mol. The molecular weight excluding hydrogens is 194 g/mol. The Morgan fingerprint density at radius 3 is 2.71 bits per heavy atom. The number of carboxylic acid groups (broad SMARTS) is 1. The standard InChI is InChI=1S/C7H12NO6/c1-13-7(11)8-5(4-14-12)2-3-6(9)10/h4-5,12H,2-3H2,1H3,(H,8,11)(H,9,10)/q-1/p-1. The Balaban J connectivity index is 3.88. The molecule has 0 aliphatic heterocycles. The molecule has 0 saturated heterocycles. The maximum atomic E-state index is 10.7. The molecule has 2 N–H and O–H groups in total. The van der Waals surface area contributed by atoms with Gasteiger partial charge in [0.15, 0.2) is 0 Å². The van der Waals surface area contributed by atoms with Crippen LogP contribution in [-0.4, -0.2) is 30.3 Å². The number of aliphatic carboxylic acids is 1. The van der Waals surface area contributed by atoms with Gasteiger partial charge < -0.3 is 25.3 Å². The van der Waals surface area contributed by atoms with E-state index in [1.54, 1.807) is 0 Å². The topological polar surface area (TPSA) is 108 Å². The summed E-state index contributed by atoms with van der Waals surface area (Å²) in [4.78, 5) is 24.3. The van der Waals surface area contributed by atoms with Crippen LogP contribution in [0.1, 0.15) is 12.8 Å². The predicted octanol–water partition coefficient (Wildman–Crippen LogP) is -0.971. The van der Waals surface area contributed by atoms with Gasteiger partial charge in [0.2, 0.25) is 0 Å². The first-order chi connectivity index (χ1) is 6.60. The van der Waals surface area contributed by atoms with Gasteiger partial charge in [0.05, 0.1) is 7.11 Å². The molecule has 14 heavy (non-hydrogen) atoms. The third-order valence-corrected chi connectivity index (χ3v) is 1.38. The van der Waals surface area contributed by atoms with Gasteiger partial charge in [-0.1, -0.05) is 6.04 Å². The first kappa shape index (κ1) is 12.7. The number of hydrogen-bond acceptors (Lipinski definition) is 5. The highest BCUT2D eigenvalue weighted by atomic mass is 17.1. The van der Waals surface area contributed by atoms with E-state index in [0.29, 0.717) is 0 Å². The molecule has 1 amide bonds. The van der Waals surface area contributed by atoms with E-state index < -0.39 is 18.1 Å². The fraction of sp³-hybridized carbons (Fsp3) is 0.571. The minimum atomic E-state index is -1.03. The lowest BCUT2D eigenvalue weighted by Crippen LogP contribution is -2.37. The van der Waals surface area contributed by atoms with Crippen molar-refractivity contribution in [2.24, 2.45) is 0 Å². The highest BCUT2D eigenvalue weighted by Gasteiger charge is 2.06. The summed E-state index contributed by atoms with van der Waals surface area (Å²) in [5, 5.41) is 20.3. The van der Waals surface area contributed by atoms with Crippen LogP contribution < -0.4 is 10.6 Å². The van der Waals surface area contributed by atoms with Crippen LogP contribution in [-0.2, 0) is 14.4 Å². The highest BCUT2D eigenvalue weighted by Crippen LogP contribution is 2.01. The van der Waals surface area contributed by atoms with E-state index in [-0.39, 0.29) is 12.8 Å². The van der Waals surface area contributed by atoms with Gasteiger partial charge in [-0.3, -0.25) is 4.79 Å². The number of hydrogen-bond donors (Lipinski definition) is 2. The Bertz CT molecular complexity index is 195. The Morgan fingerprint density at radius 2 is 2.29 bits per heavy atom. The van der Waals surface area contributed by atoms with Crippen LogP contribution in [0.2, 0.25) is 0 Å². The Labute approximate surface area is 80.5 Å². The average molecular weight is 205 g/mol. The van der Waals surface area contributed by atoms with Gasteiger partial charge in [0.25, 0.3) is 0 Å². The van der Waals surface area contributed by atoms with Gasteiger partial charge in [0.1, 0.15) is 0 Å². The van der Waals surface area contributed by atoms with Gasteiger partial charge in [-0.2, -0.15) is 0 Å². The number of nitrogens with one attached hydrogen (secondary N) is 1. The van der Waals surface area contributed by atoms with Crippen molar-refractivity contribution in [2.75, 3.05) is 7.11 Å². The van der Waals surface area contributed by atoms with E-state index in [1.165, 1.54) is 0 Å². The Kier molecular flexibility index (Phi) is 6.42. The second kappa shape index (κ2) is 7.10. The quantitative estimate of drug-likeness (QED) is 0.328. The normalized spacial score (nSPS) is 11.9. The van der Waals surface area contributed by atoms with Crippen LogP contribution in [0.25, 0.3) is 0 Å². The zero-order valence-electron chi connectivity index (χ0n) is 7.56. The molecule has 0 aromatic heterocycles. The van der Waals surface area contributed by atoms with Crippen LogP contribution in [0.3, 0.4) is 0 Å². The molecule has 0 spiro atoms. The SMILES string of the molecule is COC(=O)NC([CH-]O[O-])CCC(=O)O. The van der Waals surface area contributed by atoms with Crippen LogP contribution >= 0.6 is 0 Å². The van der Waals surface area contributed by atoms with E-state index in [9.17, 15) is 14.8 Å². The van der Waals surface area contributed by atoms with Gasteiger partial charge in [-0.15, -0.1) is 0 Å². The molecule has 0 saturated carbocycles. The minimum Gasteiger partial charge on any atom is -0.759 e. The van der Waals surface area contributed by atoms with Gasteiger partial charge >= 0.3 is 12.1 Å². The average Bonchev–Trinajstić information content (AvgIpc) is 2.14. The molecule has 1 atom stereocenters. The smallest absolute Gasteiger partial charge is 0.404 e. The molecule has 0 aromatic carbocycles. The second-order valence-electron chi connectivity index (χ2n) is 2.41. The van der Waals surface area contributed by atoms with Gasteiger partial charge in [0, 0.05) is 6.42 Å². The number of carbonyl (C=O) groups is 2. The molecule has 82 valence electrons. The molecule has 0 aromatic rings. The largest absolute Gasteiger partial charge is 0.759 e. The van der Waals surface area contributed by atoms with Crippen molar-refractivity contribution in [3.63, 3.8) is 0 Å². The molecule has 7 nitrogen and oxygen atoms in total. The third kappa shape index (κ3) is 6.21. The third-order valence-electron chi connectivity index (χ3n) is 1.38. The maximum Gasteiger partial charge on any atom is 0.404 e. The van der Waals surface area contributed by atoms with Crippen molar-refractivity contribution in [3.8, 4) is 0 Å². The Morgan fingerprint density at radius 1 is 1.64 bits per heavy atom. The maximum absolute atomic E-state index is 10.7. The summed E-state index contributed by atoms with van der Waals surface area (Å²) in [7, 11) is 1.15. The van der Waals surface area contributed by atoms with E-state index in [2.05, 4.69) is 14.9 Å². The van der Waals surface area contributed by atoms with E-state index in [4.69, 9.17) is 5.11 Å². The zero-order chi connectivity index (χ0) is 11.0. The summed E-state index contributed by atoms with van der Waals surface area (Å²) in [6.45, 7) is 0.792. The molecule has 0 heterocycles. The van der Waals surface area contributed by atoms with Crippen molar-refractivity contribution in [3.05, 3.63) is 6.61 Å². The summed E-state index contributed by atoms with van der Waals surface area (Å²) in [6.07, 6.45) is -0.880. The number of carbonyl (C=O) groups excluding carboxylic acids is 1. The van der Waals surface area contributed by atoms with Crippen LogP contribution in [0.5, 0.6) is 0 Å². The molecule has 7 heteroatoms. The van der Waals surface area contributed by atoms with Crippen molar-refractivity contribution in [1.82, 2.24) is 5.32 Å². The molecular formula is C7H11NO6-2. The van der Waals surface area contributed by atoms with Crippen molar-refractivity contribution < 1.29 is 29.6 Å². The summed E-state index contributed by atoms with van der Waals surface area (Å²) in [5.74, 6) is -1.03. The van der Waals surface area contributed by atoms with Crippen molar-refractivity contribution in [1.29, 1.82) is 0 Å². The summed E-state index contributed by atoms with van der Waals surface area (Å²) in [5.41, 5.74) is 0.